The van der Waals surface area contributed by atoms with Crippen molar-refractivity contribution in [3.05, 3.63) is 22.7 Å². The highest BCUT2D eigenvalue weighted by Crippen LogP contribution is 2.38. The summed E-state index contributed by atoms with van der Waals surface area (Å²) in [4.78, 5) is 11.6. The van der Waals surface area contributed by atoms with Crippen molar-refractivity contribution in [1.29, 1.82) is 0 Å². The van der Waals surface area contributed by atoms with Crippen LogP contribution < -0.4 is 14.8 Å². The van der Waals surface area contributed by atoms with Gasteiger partial charge in [0.1, 0.15) is 0 Å². The van der Waals surface area contributed by atoms with Gasteiger partial charge in [-0.05, 0) is 30.5 Å². The summed E-state index contributed by atoms with van der Waals surface area (Å²) in [7, 11) is 0. The Morgan fingerprint density at radius 2 is 2.11 bits per heavy atom. The van der Waals surface area contributed by atoms with Crippen LogP contribution in [0.1, 0.15) is 24.8 Å². The second-order valence-corrected chi connectivity index (χ2v) is 5.35. The number of carbonyl (C=O) groups excluding carboxylic acids is 1. The van der Waals surface area contributed by atoms with E-state index in [2.05, 4.69) is 5.32 Å². The molecule has 0 radical (unpaired) electrons. The third kappa shape index (κ3) is 2.95. The number of hydrogen-bond acceptors (Lipinski definition) is 3. The maximum absolute atomic E-state index is 11.6. The van der Waals surface area contributed by atoms with E-state index in [9.17, 15) is 4.79 Å². The molecule has 1 aromatic rings. The van der Waals surface area contributed by atoms with E-state index >= 15 is 0 Å². The fraction of sp³-hybridized carbons (Fsp3) is 0.500. The lowest BCUT2D eigenvalue weighted by atomic mass is 10.2. The zero-order valence-corrected chi connectivity index (χ0v) is 11.3. The molecule has 0 atom stereocenters. The average Bonchev–Trinajstić information content (AvgIpc) is 3.22. The number of fused-ring (bicyclic) bond motifs is 1. The molecule has 1 saturated carbocycles. The molecule has 0 unspecified atom stereocenters. The molecule has 5 heteroatoms. The molecule has 0 aromatic heterocycles. The number of carbonyl (C=O) groups is 1. The largest absolute Gasteiger partial charge is 0.489 e. The van der Waals surface area contributed by atoms with Crippen LogP contribution in [-0.2, 0) is 11.3 Å². The highest BCUT2D eigenvalue weighted by Gasteiger charge is 2.29. The Labute approximate surface area is 117 Å². The van der Waals surface area contributed by atoms with Gasteiger partial charge in [-0.3, -0.25) is 4.79 Å². The SMILES string of the molecule is O=C(NCc1cc(Cl)c2c(c1)OCCCO2)C1CC1. The number of rotatable bonds is 3. The van der Waals surface area contributed by atoms with Crippen LogP contribution >= 0.6 is 11.6 Å². The highest BCUT2D eigenvalue weighted by molar-refractivity contribution is 6.32. The van der Waals surface area contributed by atoms with Crippen molar-refractivity contribution in [2.24, 2.45) is 5.92 Å². The first kappa shape index (κ1) is 12.6. The Balaban J connectivity index is 1.73. The smallest absolute Gasteiger partial charge is 0.223 e. The fourth-order valence-electron chi connectivity index (χ4n) is 2.07. The molecule has 2 aliphatic rings. The molecule has 19 heavy (non-hydrogen) atoms. The summed E-state index contributed by atoms with van der Waals surface area (Å²) in [5, 5.41) is 3.45. The van der Waals surface area contributed by atoms with Crippen molar-refractivity contribution >= 4 is 17.5 Å². The summed E-state index contributed by atoms with van der Waals surface area (Å²) in [5.74, 6) is 1.62. The van der Waals surface area contributed by atoms with E-state index in [1.807, 2.05) is 12.1 Å². The summed E-state index contributed by atoms with van der Waals surface area (Å²) < 4.78 is 11.2. The van der Waals surface area contributed by atoms with Crippen LogP contribution in [-0.4, -0.2) is 19.1 Å². The Hall–Kier alpha value is -1.42. The zero-order valence-electron chi connectivity index (χ0n) is 10.6. The fourth-order valence-corrected chi connectivity index (χ4v) is 2.35. The van der Waals surface area contributed by atoms with Gasteiger partial charge in [0, 0.05) is 18.9 Å². The van der Waals surface area contributed by atoms with Crippen LogP contribution in [0.3, 0.4) is 0 Å². The van der Waals surface area contributed by atoms with E-state index in [0.29, 0.717) is 36.3 Å². The maximum atomic E-state index is 11.6. The normalized spacial score (nSPS) is 17.7. The predicted molar refractivity (Wildman–Crippen MR) is 71.6 cm³/mol. The molecule has 1 heterocycles. The standard InChI is InChI=1S/C14H16ClNO3/c15-11-6-9(8-16-14(17)10-2-3-10)7-12-13(11)19-5-1-4-18-12/h6-7,10H,1-5,8H2,(H,16,17). The molecule has 1 amide bonds. The number of hydrogen-bond donors (Lipinski definition) is 1. The minimum Gasteiger partial charge on any atom is -0.489 e. The molecular weight excluding hydrogens is 266 g/mol. The van der Waals surface area contributed by atoms with E-state index in [0.717, 1.165) is 24.8 Å². The molecule has 0 saturated heterocycles. The number of amides is 1. The third-order valence-corrected chi connectivity index (χ3v) is 3.56. The Kier molecular flexibility index (Phi) is 3.51. The molecule has 3 rings (SSSR count). The number of halogens is 1. The lowest BCUT2D eigenvalue weighted by Crippen LogP contribution is -2.24. The van der Waals surface area contributed by atoms with Gasteiger partial charge in [0.05, 0.1) is 18.2 Å². The van der Waals surface area contributed by atoms with Crippen molar-refractivity contribution in [1.82, 2.24) is 5.32 Å². The van der Waals surface area contributed by atoms with Crippen LogP contribution in [0.4, 0.5) is 0 Å². The molecule has 1 aromatic carbocycles. The minimum absolute atomic E-state index is 0.128. The summed E-state index contributed by atoms with van der Waals surface area (Å²) in [6.07, 6.45) is 2.86. The van der Waals surface area contributed by atoms with Crippen molar-refractivity contribution in [2.75, 3.05) is 13.2 Å². The molecule has 1 aliphatic heterocycles. The predicted octanol–water partition coefficient (Wildman–Crippen LogP) is 2.53. The Bertz CT molecular complexity index is 500. The van der Waals surface area contributed by atoms with E-state index in [1.165, 1.54) is 0 Å². The van der Waals surface area contributed by atoms with Crippen molar-refractivity contribution in [3.63, 3.8) is 0 Å². The van der Waals surface area contributed by atoms with Gasteiger partial charge >= 0.3 is 0 Å². The molecule has 0 bridgehead atoms. The second-order valence-electron chi connectivity index (χ2n) is 4.95. The lowest BCUT2D eigenvalue weighted by Gasteiger charge is -2.12. The molecule has 1 fully saturated rings. The molecule has 1 aliphatic carbocycles. The van der Waals surface area contributed by atoms with Gasteiger partial charge in [-0.15, -0.1) is 0 Å². The first-order valence-electron chi connectivity index (χ1n) is 6.60. The average molecular weight is 282 g/mol. The van der Waals surface area contributed by atoms with Gasteiger partial charge in [-0.1, -0.05) is 11.6 Å². The first-order chi connectivity index (χ1) is 9.24. The van der Waals surface area contributed by atoms with Crippen LogP contribution in [0.2, 0.25) is 5.02 Å². The van der Waals surface area contributed by atoms with Gasteiger partial charge < -0.3 is 14.8 Å². The molecule has 4 nitrogen and oxygen atoms in total. The van der Waals surface area contributed by atoms with E-state index in [4.69, 9.17) is 21.1 Å². The molecule has 1 N–H and O–H groups in total. The monoisotopic (exact) mass is 281 g/mol. The Morgan fingerprint density at radius 1 is 1.32 bits per heavy atom. The quantitative estimate of drug-likeness (QED) is 0.926. The summed E-state index contributed by atoms with van der Waals surface area (Å²) in [5.41, 5.74) is 0.934. The van der Waals surface area contributed by atoms with Crippen molar-refractivity contribution in [2.45, 2.75) is 25.8 Å². The number of benzene rings is 1. The summed E-state index contributed by atoms with van der Waals surface area (Å²) in [6.45, 7) is 1.72. The van der Waals surface area contributed by atoms with Crippen LogP contribution in [0.25, 0.3) is 0 Å². The van der Waals surface area contributed by atoms with Gasteiger partial charge in [0.25, 0.3) is 0 Å². The van der Waals surface area contributed by atoms with E-state index < -0.39 is 0 Å². The maximum Gasteiger partial charge on any atom is 0.223 e. The number of nitrogens with one attached hydrogen (secondary N) is 1. The van der Waals surface area contributed by atoms with Crippen molar-refractivity contribution in [3.8, 4) is 11.5 Å². The van der Waals surface area contributed by atoms with Crippen molar-refractivity contribution < 1.29 is 14.3 Å². The van der Waals surface area contributed by atoms with Crippen LogP contribution in [0.5, 0.6) is 11.5 Å². The minimum atomic E-state index is 0.128. The van der Waals surface area contributed by atoms with Crippen LogP contribution in [0.15, 0.2) is 12.1 Å². The first-order valence-corrected chi connectivity index (χ1v) is 6.97. The van der Waals surface area contributed by atoms with Gasteiger partial charge in [0.2, 0.25) is 5.91 Å². The van der Waals surface area contributed by atoms with E-state index in [-0.39, 0.29) is 11.8 Å². The summed E-state index contributed by atoms with van der Waals surface area (Å²) in [6, 6.07) is 3.71. The molecular formula is C14H16ClNO3. The lowest BCUT2D eigenvalue weighted by molar-refractivity contribution is -0.122. The molecule has 0 spiro atoms. The Morgan fingerprint density at radius 3 is 2.89 bits per heavy atom. The molecule has 102 valence electrons. The summed E-state index contributed by atoms with van der Waals surface area (Å²) >= 11 is 6.19. The second kappa shape index (κ2) is 5.29. The third-order valence-electron chi connectivity index (χ3n) is 3.28. The van der Waals surface area contributed by atoms with Gasteiger partial charge in [0.15, 0.2) is 11.5 Å². The van der Waals surface area contributed by atoms with Crippen LogP contribution in [0, 0.1) is 5.92 Å². The topological polar surface area (TPSA) is 47.6 Å². The van der Waals surface area contributed by atoms with Gasteiger partial charge in [-0.25, -0.2) is 0 Å². The van der Waals surface area contributed by atoms with E-state index in [1.54, 1.807) is 0 Å². The highest BCUT2D eigenvalue weighted by atomic mass is 35.5. The van der Waals surface area contributed by atoms with Gasteiger partial charge in [-0.2, -0.15) is 0 Å². The zero-order chi connectivity index (χ0) is 13.2. The number of ether oxygens (including phenoxy) is 2.